The van der Waals surface area contributed by atoms with Gasteiger partial charge in [0.1, 0.15) is 5.82 Å². The van der Waals surface area contributed by atoms with Gasteiger partial charge in [0.05, 0.1) is 30.9 Å². The summed E-state index contributed by atoms with van der Waals surface area (Å²) in [6.45, 7) is 4.03. The van der Waals surface area contributed by atoms with Crippen molar-refractivity contribution >= 4 is 5.91 Å². The minimum atomic E-state index is -0.0799. The fourth-order valence-corrected chi connectivity index (χ4v) is 3.67. The standard InChI is InChI=1S/C20H22N6O/c1-14-19-22-18(16-7-8-16)23-26(19)10-9-25(14)20(27)17-11-21-24(13-17)12-15-5-3-2-4-6-15/h2-6,11,13-14,16H,7-10,12H2,1H3/t14-/m1/s1. The van der Waals surface area contributed by atoms with Crippen LogP contribution in [-0.2, 0) is 13.1 Å². The van der Waals surface area contributed by atoms with E-state index in [4.69, 9.17) is 4.98 Å². The van der Waals surface area contributed by atoms with Crippen LogP contribution < -0.4 is 0 Å². The Kier molecular flexibility index (Phi) is 3.81. The number of carbonyl (C=O) groups is 1. The van der Waals surface area contributed by atoms with Crippen molar-refractivity contribution in [3.05, 3.63) is 65.5 Å². The van der Waals surface area contributed by atoms with E-state index in [0.717, 1.165) is 17.2 Å². The van der Waals surface area contributed by atoms with Crippen LogP contribution in [0.15, 0.2) is 42.7 Å². The highest BCUT2D eigenvalue weighted by Crippen LogP contribution is 2.39. The van der Waals surface area contributed by atoms with Gasteiger partial charge in [-0.1, -0.05) is 30.3 Å². The second kappa shape index (κ2) is 6.33. The first kappa shape index (κ1) is 16.2. The van der Waals surface area contributed by atoms with Gasteiger partial charge >= 0.3 is 0 Å². The number of fused-ring (bicyclic) bond motifs is 1. The number of nitrogens with zero attached hydrogens (tertiary/aromatic N) is 6. The molecule has 0 spiro atoms. The molecule has 27 heavy (non-hydrogen) atoms. The van der Waals surface area contributed by atoms with E-state index in [2.05, 4.69) is 22.3 Å². The van der Waals surface area contributed by atoms with Crippen molar-refractivity contribution in [1.29, 1.82) is 0 Å². The molecule has 1 aliphatic heterocycles. The van der Waals surface area contributed by atoms with Gasteiger partial charge in [-0.05, 0) is 25.3 Å². The molecule has 1 amide bonds. The fourth-order valence-electron chi connectivity index (χ4n) is 3.67. The van der Waals surface area contributed by atoms with Crippen LogP contribution in [-0.4, -0.2) is 41.9 Å². The monoisotopic (exact) mass is 362 g/mol. The van der Waals surface area contributed by atoms with Crippen LogP contribution in [0.2, 0.25) is 0 Å². The number of carbonyl (C=O) groups excluding carboxylic acids is 1. The van der Waals surface area contributed by atoms with Gasteiger partial charge in [-0.25, -0.2) is 9.67 Å². The Morgan fingerprint density at radius 3 is 2.78 bits per heavy atom. The molecule has 138 valence electrons. The molecule has 0 N–H and O–H groups in total. The van der Waals surface area contributed by atoms with Crippen LogP contribution in [0, 0.1) is 0 Å². The van der Waals surface area contributed by atoms with Gasteiger partial charge in [0.15, 0.2) is 5.82 Å². The molecular weight excluding hydrogens is 340 g/mol. The van der Waals surface area contributed by atoms with Crippen molar-refractivity contribution in [2.45, 2.75) is 44.8 Å². The minimum absolute atomic E-state index is 0.00373. The molecule has 2 aromatic heterocycles. The summed E-state index contributed by atoms with van der Waals surface area (Å²) in [5, 5.41) is 9.00. The number of benzene rings is 1. The van der Waals surface area contributed by atoms with Crippen LogP contribution in [0.25, 0.3) is 0 Å². The maximum atomic E-state index is 13.1. The molecule has 2 aliphatic rings. The molecule has 1 atom stereocenters. The maximum Gasteiger partial charge on any atom is 0.257 e. The number of hydrogen-bond donors (Lipinski definition) is 0. The zero-order valence-corrected chi connectivity index (χ0v) is 15.3. The topological polar surface area (TPSA) is 68.8 Å². The molecule has 0 radical (unpaired) electrons. The molecule has 3 heterocycles. The lowest BCUT2D eigenvalue weighted by Crippen LogP contribution is -2.41. The Bertz CT molecular complexity index is 972. The van der Waals surface area contributed by atoms with E-state index in [1.165, 1.54) is 12.8 Å². The summed E-state index contributed by atoms with van der Waals surface area (Å²) in [7, 11) is 0. The van der Waals surface area contributed by atoms with E-state index in [1.54, 1.807) is 6.20 Å². The number of aromatic nitrogens is 5. The second-order valence-electron chi connectivity index (χ2n) is 7.41. The van der Waals surface area contributed by atoms with E-state index in [-0.39, 0.29) is 11.9 Å². The van der Waals surface area contributed by atoms with Crippen LogP contribution in [0.3, 0.4) is 0 Å². The third kappa shape index (κ3) is 3.03. The number of rotatable bonds is 4. The van der Waals surface area contributed by atoms with Gasteiger partial charge in [-0.15, -0.1) is 0 Å². The molecule has 0 saturated heterocycles. The molecule has 1 aliphatic carbocycles. The summed E-state index contributed by atoms with van der Waals surface area (Å²) in [6.07, 6.45) is 5.85. The predicted molar refractivity (Wildman–Crippen MR) is 99.2 cm³/mol. The Morgan fingerprint density at radius 2 is 2.00 bits per heavy atom. The predicted octanol–water partition coefficient (Wildman–Crippen LogP) is 2.62. The van der Waals surface area contributed by atoms with Crippen molar-refractivity contribution in [3.63, 3.8) is 0 Å². The van der Waals surface area contributed by atoms with Crippen LogP contribution in [0.1, 0.15) is 59.3 Å². The van der Waals surface area contributed by atoms with E-state index in [9.17, 15) is 4.79 Å². The molecule has 1 aromatic carbocycles. The van der Waals surface area contributed by atoms with Crippen molar-refractivity contribution < 1.29 is 4.79 Å². The van der Waals surface area contributed by atoms with Gasteiger partial charge in [-0.2, -0.15) is 10.2 Å². The normalized spacial score (nSPS) is 19.1. The molecule has 0 unspecified atom stereocenters. The maximum absolute atomic E-state index is 13.1. The lowest BCUT2D eigenvalue weighted by Gasteiger charge is -2.32. The molecule has 0 bridgehead atoms. The third-order valence-corrected chi connectivity index (χ3v) is 5.38. The SMILES string of the molecule is C[C@@H]1c2nc(C3CC3)nn2CCN1C(=O)c1cnn(Cc2ccccc2)c1. The highest BCUT2D eigenvalue weighted by molar-refractivity contribution is 5.94. The smallest absolute Gasteiger partial charge is 0.257 e. The van der Waals surface area contributed by atoms with Gasteiger partial charge < -0.3 is 4.90 Å². The van der Waals surface area contributed by atoms with Crippen LogP contribution in [0.5, 0.6) is 0 Å². The lowest BCUT2D eigenvalue weighted by atomic mass is 10.2. The van der Waals surface area contributed by atoms with E-state index in [0.29, 0.717) is 31.1 Å². The zero-order valence-electron chi connectivity index (χ0n) is 15.3. The molecule has 5 rings (SSSR count). The second-order valence-corrected chi connectivity index (χ2v) is 7.41. The number of hydrogen-bond acceptors (Lipinski definition) is 4. The minimum Gasteiger partial charge on any atom is -0.327 e. The summed E-state index contributed by atoms with van der Waals surface area (Å²) in [6, 6.07) is 10.0. The third-order valence-electron chi connectivity index (χ3n) is 5.38. The van der Waals surface area contributed by atoms with E-state index < -0.39 is 0 Å². The van der Waals surface area contributed by atoms with Gasteiger partial charge in [0.25, 0.3) is 5.91 Å². The summed E-state index contributed by atoms with van der Waals surface area (Å²) in [5.74, 6) is 2.37. The Morgan fingerprint density at radius 1 is 1.19 bits per heavy atom. The van der Waals surface area contributed by atoms with Crippen LogP contribution in [0.4, 0.5) is 0 Å². The first-order valence-electron chi connectivity index (χ1n) is 9.51. The molecule has 1 saturated carbocycles. The average molecular weight is 362 g/mol. The van der Waals surface area contributed by atoms with Crippen molar-refractivity contribution in [2.24, 2.45) is 0 Å². The van der Waals surface area contributed by atoms with E-state index in [1.807, 2.05) is 45.6 Å². The fraction of sp³-hybridized carbons (Fsp3) is 0.400. The summed E-state index contributed by atoms with van der Waals surface area (Å²) in [5.41, 5.74) is 1.78. The summed E-state index contributed by atoms with van der Waals surface area (Å²) < 4.78 is 3.78. The molecule has 1 fully saturated rings. The van der Waals surface area contributed by atoms with Crippen LogP contribution >= 0.6 is 0 Å². The Hall–Kier alpha value is -2.96. The van der Waals surface area contributed by atoms with Gasteiger partial charge in [0.2, 0.25) is 0 Å². The number of amides is 1. The lowest BCUT2D eigenvalue weighted by molar-refractivity contribution is 0.0630. The molecule has 7 heteroatoms. The summed E-state index contributed by atoms with van der Waals surface area (Å²) in [4.78, 5) is 19.7. The Labute approximate surface area is 157 Å². The zero-order chi connectivity index (χ0) is 18.4. The van der Waals surface area contributed by atoms with Crippen molar-refractivity contribution in [3.8, 4) is 0 Å². The quantitative estimate of drug-likeness (QED) is 0.715. The van der Waals surface area contributed by atoms with Gasteiger partial charge in [0, 0.05) is 18.7 Å². The first-order chi connectivity index (χ1) is 13.2. The van der Waals surface area contributed by atoms with Crippen molar-refractivity contribution in [1.82, 2.24) is 29.4 Å². The molecule has 3 aromatic rings. The van der Waals surface area contributed by atoms with E-state index >= 15 is 0 Å². The van der Waals surface area contributed by atoms with Crippen molar-refractivity contribution in [2.75, 3.05) is 6.54 Å². The largest absolute Gasteiger partial charge is 0.327 e. The molecule has 7 nitrogen and oxygen atoms in total. The highest BCUT2D eigenvalue weighted by Gasteiger charge is 2.35. The highest BCUT2D eigenvalue weighted by atomic mass is 16.2. The Balaban J connectivity index is 1.33. The summed E-state index contributed by atoms with van der Waals surface area (Å²) >= 11 is 0. The first-order valence-corrected chi connectivity index (χ1v) is 9.51. The average Bonchev–Trinajstić information content (AvgIpc) is 3.27. The van der Waals surface area contributed by atoms with Gasteiger partial charge in [-0.3, -0.25) is 9.48 Å². The molecular formula is C20H22N6O.